The highest BCUT2D eigenvalue weighted by Crippen LogP contribution is 2.41. The first kappa shape index (κ1) is 12.5. The molecule has 1 atom stereocenters. The van der Waals surface area contributed by atoms with Gasteiger partial charge in [-0.2, -0.15) is 0 Å². The van der Waals surface area contributed by atoms with Gasteiger partial charge in [0.2, 0.25) is 0 Å². The average molecular weight is 313 g/mol. The van der Waals surface area contributed by atoms with Gasteiger partial charge in [-0.15, -0.1) is 34.3 Å². The van der Waals surface area contributed by atoms with Crippen LogP contribution in [0, 0.1) is 6.92 Å². The Bertz CT molecular complexity index is 677. The van der Waals surface area contributed by atoms with Gasteiger partial charge < -0.3 is 0 Å². The monoisotopic (exact) mass is 312 g/mol. The summed E-state index contributed by atoms with van der Waals surface area (Å²) in [6.07, 6.45) is 0. The Balaban J connectivity index is 2.09. The maximum Gasteiger partial charge on any atom is 0.0960 e. The van der Waals surface area contributed by atoms with E-state index < -0.39 is 0 Å². The Morgan fingerprint density at radius 3 is 2.72 bits per heavy atom. The van der Waals surface area contributed by atoms with Crippen LogP contribution in [0.2, 0.25) is 4.34 Å². The Morgan fingerprint density at radius 2 is 2.00 bits per heavy atom. The molecule has 0 amide bonds. The Kier molecular flexibility index (Phi) is 3.37. The van der Waals surface area contributed by atoms with E-state index in [1.807, 2.05) is 6.92 Å². The molecule has 3 aromatic rings. The third kappa shape index (κ3) is 2.08. The lowest BCUT2D eigenvalue weighted by molar-refractivity contribution is 1.22. The van der Waals surface area contributed by atoms with Crippen LogP contribution in [-0.2, 0) is 0 Å². The van der Waals surface area contributed by atoms with E-state index in [9.17, 15) is 0 Å². The lowest BCUT2D eigenvalue weighted by atomic mass is 10.1. The molecule has 0 spiro atoms. The highest BCUT2D eigenvalue weighted by Gasteiger charge is 2.18. The molecule has 1 unspecified atom stereocenters. The zero-order valence-electron chi connectivity index (χ0n) is 9.61. The van der Waals surface area contributed by atoms with Crippen molar-refractivity contribution in [1.29, 1.82) is 0 Å². The summed E-state index contributed by atoms with van der Waals surface area (Å²) in [6.45, 7) is 2.01. The van der Waals surface area contributed by atoms with Crippen LogP contribution >= 0.6 is 45.9 Å². The van der Waals surface area contributed by atoms with Gasteiger partial charge in [0.1, 0.15) is 0 Å². The van der Waals surface area contributed by atoms with Gasteiger partial charge in [0.15, 0.2) is 0 Å². The predicted molar refractivity (Wildman–Crippen MR) is 83.6 cm³/mol. The van der Waals surface area contributed by atoms with Gasteiger partial charge in [0.25, 0.3) is 0 Å². The first-order valence-corrected chi connectivity index (χ1v) is 8.04. The van der Waals surface area contributed by atoms with Gasteiger partial charge in [0, 0.05) is 9.58 Å². The fourth-order valence-corrected chi connectivity index (χ4v) is 4.61. The van der Waals surface area contributed by atoms with Crippen LogP contribution in [0.15, 0.2) is 35.7 Å². The maximum atomic E-state index is 6.60. The van der Waals surface area contributed by atoms with Crippen LogP contribution < -0.4 is 0 Å². The van der Waals surface area contributed by atoms with Gasteiger partial charge in [0.05, 0.1) is 9.71 Å². The molecule has 4 heteroatoms. The molecule has 0 nitrogen and oxygen atoms in total. The molecule has 0 aliphatic rings. The number of thiophene rings is 2. The number of benzene rings is 1. The topological polar surface area (TPSA) is 0 Å². The van der Waals surface area contributed by atoms with Crippen LogP contribution in [0.1, 0.15) is 21.4 Å². The minimum Gasteiger partial charge on any atom is -0.143 e. The van der Waals surface area contributed by atoms with Crippen LogP contribution in [0.4, 0.5) is 0 Å². The van der Waals surface area contributed by atoms with Gasteiger partial charge in [-0.1, -0.05) is 29.8 Å². The number of fused-ring (bicyclic) bond motifs is 1. The van der Waals surface area contributed by atoms with E-state index in [1.54, 1.807) is 22.7 Å². The van der Waals surface area contributed by atoms with Crippen LogP contribution in [0.25, 0.3) is 10.1 Å². The number of rotatable bonds is 2. The van der Waals surface area contributed by atoms with Gasteiger partial charge in [-0.05, 0) is 40.9 Å². The number of halogens is 2. The van der Waals surface area contributed by atoms with Crippen molar-refractivity contribution in [3.05, 3.63) is 56.1 Å². The van der Waals surface area contributed by atoms with Crippen molar-refractivity contribution in [3.8, 4) is 0 Å². The molecule has 0 N–H and O–H groups in total. The SMILES string of the molecule is Cc1cc(C(Cl)c2csc3ccccc23)sc1Cl. The van der Waals surface area contributed by atoms with Crippen LogP contribution in [-0.4, -0.2) is 0 Å². The van der Waals surface area contributed by atoms with Crippen molar-refractivity contribution in [2.24, 2.45) is 0 Å². The molecule has 0 bridgehead atoms. The zero-order valence-corrected chi connectivity index (χ0v) is 12.8. The first-order valence-electron chi connectivity index (χ1n) is 5.53. The lowest BCUT2D eigenvalue weighted by Crippen LogP contribution is -1.87. The molecule has 0 saturated carbocycles. The number of alkyl halides is 1. The zero-order chi connectivity index (χ0) is 12.7. The minimum atomic E-state index is -0.114. The summed E-state index contributed by atoms with van der Waals surface area (Å²) in [5.74, 6) is 0. The predicted octanol–water partition coefficient (Wildman–Crippen LogP) is 6.25. The van der Waals surface area contributed by atoms with E-state index in [0.717, 1.165) is 14.8 Å². The molecular formula is C14H10Cl2S2. The van der Waals surface area contributed by atoms with Gasteiger partial charge in [-0.25, -0.2) is 0 Å². The Labute approximate surface area is 124 Å². The van der Waals surface area contributed by atoms with Gasteiger partial charge in [-0.3, -0.25) is 0 Å². The largest absolute Gasteiger partial charge is 0.143 e. The summed E-state index contributed by atoms with van der Waals surface area (Å²) < 4.78 is 2.10. The second-order valence-electron chi connectivity index (χ2n) is 4.16. The molecular weight excluding hydrogens is 303 g/mol. The summed E-state index contributed by atoms with van der Waals surface area (Å²) >= 11 is 16.0. The fourth-order valence-electron chi connectivity index (χ4n) is 1.96. The van der Waals surface area contributed by atoms with E-state index in [0.29, 0.717) is 0 Å². The molecule has 18 heavy (non-hydrogen) atoms. The van der Waals surface area contributed by atoms with Gasteiger partial charge >= 0.3 is 0 Å². The first-order chi connectivity index (χ1) is 8.66. The smallest absolute Gasteiger partial charge is 0.0960 e. The molecule has 0 aliphatic carbocycles. The maximum absolute atomic E-state index is 6.60. The molecule has 2 heterocycles. The Hall–Kier alpha value is -0.540. The van der Waals surface area contributed by atoms with Crippen LogP contribution in [0.3, 0.4) is 0 Å². The molecule has 0 saturated heterocycles. The van der Waals surface area contributed by atoms with E-state index in [4.69, 9.17) is 23.2 Å². The summed E-state index contributed by atoms with van der Waals surface area (Å²) in [7, 11) is 0. The van der Waals surface area contributed by atoms with Crippen molar-refractivity contribution in [1.82, 2.24) is 0 Å². The van der Waals surface area contributed by atoms with E-state index in [2.05, 4.69) is 35.7 Å². The quantitative estimate of drug-likeness (QED) is 0.490. The van der Waals surface area contributed by atoms with Crippen molar-refractivity contribution < 1.29 is 0 Å². The highest BCUT2D eigenvalue weighted by molar-refractivity contribution is 7.18. The normalized spacial score (nSPS) is 13.1. The second kappa shape index (κ2) is 4.86. The summed E-state index contributed by atoms with van der Waals surface area (Å²) in [5.41, 5.74) is 2.28. The molecule has 0 radical (unpaired) electrons. The van der Waals surface area contributed by atoms with Crippen molar-refractivity contribution in [2.75, 3.05) is 0 Å². The number of hydrogen-bond donors (Lipinski definition) is 0. The molecule has 3 rings (SSSR count). The fraction of sp³-hybridized carbons (Fsp3) is 0.143. The summed E-state index contributed by atoms with van der Waals surface area (Å²) in [6, 6.07) is 10.4. The second-order valence-corrected chi connectivity index (χ2v) is 7.19. The van der Waals surface area contributed by atoms with E-state index in [-0.39, 0.29) is 5.38 Å². The third-order valence-corrected chi connectivity index (χ3v) is 6.11. The standard InChI is InChI=1S/C14H10Cl2S2/c1-8-6-12(18-14(8)16)13(15)10-7-17-11-5-3-2-4-9(10)11/h2-7,13H,1H3. The molecule has 2 aromatic heterocycles. The molecule has 92 valence electrons. The third-order valence-electron chi connectivity index (χ3n) is 2.91. The average Bonchev–Trinajstić information content (AvgIpc) is 2.93. The number of hydrogen-bond acceptors (Lipinski definition) is 2. The van der Waals surface area contributed by atoms with Crippen molar-refractivity contribution >= 4 is 56.0 Å². The summed E-state index contributed by atoms with van der Waals surface area (Å²) in [4.78, 5) is 1.11. The molecule has 0 aliphatic heterocycles. The van der Waals surface area contributed by atoms with Crippen molar-refractivity contribution in [3.63, 3.8) is 0 Å². The number of aryl methyl sites for hydroxylation is 1. The molecule has 0 fully saturated rings. The van der Waals surface area contributed by atoms with Crippen LogP contribution in [0.5, 0.6) is 0 Å². The highest BCUT2D eigenvalue weighted by atomic mass is 35.5. The van der Waals surface area contributed by atoms with E-state index in [1.165, 1.54) is 15.6 Å². The van der Waals surface area contributed by atoms with E-state index >= 15 is 0 Å². The minimum absolute atomic E-state index is 0.114. The van der Waals surface area contributed by atoms with Crippen molar-refractivity contribution in [2.45, 2.75) is 12.3 Å². The Morgan fingerprint density at radius 1 is 1.22 bits per heavy atom. The lowest BCUT2D eigenvalue weighted by Gasteiger charge is -2.05. The summed E-state index contributed by atoms with van der Waals surface area (Å²) in [5, 5.41) is 3.27. The molecule has 1 aromatic carbocycles.